The van der Waals surface area contributed by atoms with Gasteiger partial charge in [-0.2, -0.15) is 0 Å². The zero-order valence-corrected chi connectivity index (χ0v) is 18.6. The van der Waals surface area contributed by atoms with Crippen molar-refractivity contribution in [2.75, 3.05) is 11.9 Å². The second-order valence-corrected chi connectivity index (χ2v) is 7.57. The van der Waals surface area contributed by atoms with E-state index in [-0.39, 0.29) is 31.5 Å². The molecule has 0 fully saturated rings. The summed E-state index contributed by atoms with van der Waals surface area (Å²) < 4.78 is 9.32. The van der Waals surface area contributed by atoms with Crippen molar-refractivity contribution in [3.05, 3.63) is 71.1 Å². The van der Waals surface area contributed by atoms with E-state index in [1.165, 1.54) is 0 Å². The molecular formula is C23H23Cl2N3O3. The van der Waals surface area contributed by atoms with Crippen LogP contribution in [-0.2, 0) is 29.0 Å². The van der Waals surface area contributed by atoms with Crippen LogP contribution in [0.5, 0.6) is 0 Å². The van der Waals surface area contributed by atoms with Gasteiger partial charge in [0, 0.05) is 10.6 Å². The predicted molar refractivity (Wildman–Crippen MR) is 114 cm³/mol. The number of amides is 1. The van der Waals surface area contributed by atoms with Gasteiger partial charge in [0.25, 0.3) is 11.7 Å². The van der Waals surface area contributed by atoms with Crippen molar-refractivity contribution in [2.45, 2.75) is 32.9 Å². The van der Waals surface area contributed by atoms with Gasteiger partial charge in [-0.25, -0.2) is 13.9 Å². The quantitative estimate of drug-likeness (QED) is 0.439. The zero-order chi connectivity index (χ0) is 21.1. The Labute approximate surface area is 192 Å². The van der Waals surface area contributed by atoms with Crippen LogP contribution in [0.1, 0.15) is 29.5 Å². The van der Waals surface area contributed by atoms with E-state index in [0.717, 1.165) is 36.5 Å². The molecule has 3 aromatic rings. The van der Waals surface area contributed by atoms with E-state index in [4.69, 9.17) is 16.3 Å². The van der Waals surface area contributed by atoms with Gasteiger partial charge >= 0.3 is 5.97 Å². The summed E-state index contributed by atoms with van der Waals surface area (Å²) in [5, 5.41) is 3.55. The largest absolute Gasteiger partial charge is 1.00 e. The number of carbonyl (C=O) groups excluding carboxylic acids is 2. The molecule has 6 nitrogen and oxygen atoms in total. The Hall–Kier alpha value is -2.83. The van der Waals surface area contributed by atoms with Crippen LogP contribution in [0.2, 0.25) is 5.02 Å². The van der Waals surface area contributed by atoms with Crippen molar-refractivity contribution < 1.29 is 31.3 Å². The Bertz CT molecular complexity index is 1090. The summed E-state index contributed by atoms with van der Waals surface area (Å²) in [6.07, 6.45) is 3.97. The molecule has 162 valence electrons. The van der Waals surface area contributed by atoms with Gasteiger partial charge in [0.15, 0.2) is 12.2 Å². The Kier molecular flexibility index (Phi) is 7.36. The number of nitrogens with zero attached hydrogens (tertiary/aromatic N) is 2. The average molecular weight is 460 g/mol. The molecule has 0 saturated heterocycles. The van der Waals surface area contributed by atoms with Gasteiger partial charge in [0.05, 0.1) is 30.8 Å². The molecule has 1 aliphatic heterocycles. The van der Waals surface area contributed by atoms with Crippen LogP contribution in [-0.4, -0.2) is 23.1 Å². The Balaban J connectivity index is 0.00000272. The molecule has 2 heterocycles. The highest BCUT2D eigenvalue weighted by atomic mass is 35.5. The lowest BCUT2D eigenvalue weighted by molar-refractivity contribution is -0.690. The third kappa shape index (κ3) is 4.92. The number of benzene rings is 2. The molecule has 0 spiro atoms. The number of esters is 1. The summed E-state index contributed by atoms with van der Waals surface area (Å²) in [5.74, 6) is 0.476. The van der Waals surface area contributed by atoms with Crippen LogP contribution in [0.4, 0.5) is 5.69 Å². The molecule has 31 heavy (non-hydrogen) atoms. The molecule has 0 aliphatic carbocycles. The summed E-state index contributed by atoms with van der Waals surface area (Å²) in [6, 6.07) is 14.6. The highest BCUT2D eigenvalue weighted by Crippen LogP contribution is 2.26. The zero-order valence-electron chi connectivity index (χ0n) is 17.1. The summed E-state index contributed by atoms with van der Waals surface area (Å²) in [4.78, 5) is 24.9. The van der Waals surface area contributed by atoms with Gasteiger partial charge in [0.1, 0.15) is 6.20 Å². The monoisotopic (exact) mass is 459 g/mol. The van der Waals surface area contributed by atoms with E-state index < -0.39 is 5.97 Å². The van der Waals surface area contributed by atoms with E-state index >= 15 is 0 Å². The van der Waals surface area contributed by atoms with E-state index in [9.17, 15) is 9.59 Å². The van der Waals surface area contributed by atoms with Crippen LogP contribution >= 0.6 is 11.6 Å². The van der Waals surface area contributed by atoms with E-state index in [0.29, 0.717) is 16.3 Å². The number of ether oxygens (including phenoxy) is 1. The molecule has 1 amide bonds. The molecule has 2 aromatic carbocycles. The van der Waals surface area contributed by atoms with Crippen molar-refractivity contribution in [1.82, 2.24) is 4.57 Å². The minimum atomic E-state index is -0.448. The number of aromatic nitrogens is 2. The Morgan fingerprint density at radius 3 is 2.65 bits per heavy atom. The highest BCUT2D eigenvalue weighted by molar-refractivity contribution is 6.30. The van der Waals surface area contributed by atoms with Crippen LogP contribution in [0.25, 0.3) is 11.3 Å². The molecular weight excluding hydrogens is 437 g/mol. The fraction of sp³-hybridized carbons (Fsp3) is 0.261. The van der Waals surface area contributed by atoms with Gasteiger partial charge in [0.2, 0.25) is 0 Å². The van der Waals surface area contributed by atoms with Gasteiger partial charge < -0.3 is 22.5 Å². The van der Waals surface area contributed by atoms with Crippen molar-refractivity contribution in [1.29, 1.82) is 0 Å². The maximum absolute atomic E-state index is 12.8. The first-order valence-corrected chi connectivity index (χ1v) is 10.4. The van der Waals surface area contributed by atoms with Gasteiger partial charge in [-0.1, -0.05) is 23.7 Å². The standard InChI is InChI=1S/C23H22ClN3O3.ClH/c1-2-30-23(29)18-6-3-4-7-19(18)25-21(28)15-26-14-20(27-13-5-8-22(26)27)16-9-11-17(24)12-10-16;/h3-4,6-7,9-12,14H,2,5,8,13,15H2,1H3;1H. The molecule has 1 N–H and O–H groups in total. The molecule has 0 bridgehead atoms. The van der Waals surface area contributed by atoms with Crippen LogP contribution in [0.15, 0.2) is 54.7 Å². The number of para-hydroxylation sites is 1. The van der Waals surface area contributed by atoms with Gasteiger partial charge in [-0.3, -0.25) is 4.79 Å². The second kappa shape index (κ2) is 9.98. The molecule has 4 rings (SSSR count). The number of imidazole rings is 1. The molecule has 0 radical (unpaired) electrons. The second-order valence-electron chi connectivity index (χ2n) is 7.13. The Morgan fingerprint density at radius 2 is 1.90 bits per heavy atom. The Morgan fingerprint density at radius 1 is 1.16 bits per heavy atom. The normalized spacial score (nSPS) is 12.1. The number of anilines is 1. The maximum Gasteiger partial charge on any atom is 0.340 e. The number of fused-ring (bicyclic) bond motifs is 1. The lowest BCUT2D eigenvalue weighted by Gasteiger charge is -2.09. The van der Waals surface area contributed by atoms with Gasteiger partial charge in [-0.15, -0.1) is 0 Å². The summed E-state index contributed by atoms with van der Waals surface area (Å²) in [6.45, 7) is 3.12. The number of carbonyl (C=O) groups is 2. The number of hydrogen-bond donors (Lipinski definition) is 1. The van der Waals surface area contributed by atoms with E-state index in [1.807, 2.05) is 35.0 Å². The first-order chi connectivity index (χ1) is 14.6. The molecule has 0 saturated carbocycles. The molecule has 8 heteroatoms. The summed E-state index contributed by atoms with van der Waals surface area (Å²) in [5.41, 5.74) is 2.94. The minimum absolute atomic E-state index is 0. The fourth-order valence-electron chi connectivity index (χ4n) is 3.82. The predicted octanol–water partition coefficient (Wildman–Crippen LogP) is 0.862. The summed E-state index contributed by atoms with van der Waals surface area (Å²) >= 11 is 6.02. The van der Waals surface area contributed by atoms with Crippen molar-refractivity contribution in [2.24, 2.45) is 0 Å². The number of rotatable bonds is 6. The third-order valence-electron chi connectivity index (χ3n) is 5.14. The number of nitrogens with one attached hydrogen (secondary N) is 1. The van der Waals surface area contributed by atoms with Crippen LogP contribution in [0.3, 0.4) is 0 Å². The van der Waals surface area contributed by atoms with E-state index in [2.05, 4.69) is 9.88 Å². The minimum Gasteiger partial charge on any atom is -1.00 e. The van der Waals surface area contributed by atoms with Crippen LogP contribution in [0, 0.1) is 0 Å². The number of halogens is 2. The first kappa shape index (κ1) is 22.8. The molecule has 1 aliphatic rings. The topological polar surface area (TPSA) is 64.2 Å². The molecule has 0 unspecified atom stereocenters. The van der Waals surface area contributed by atoms with Crippen molar-refractivity contribution in [3.63, 3.8) is 0 Å². The van der Waals surface area contributed by atoms with Crippen LogP contribution < -0.4 is 22.3 Å². The lowest BCUT2D eigenvalue weighted by Crippen LogP contribution is -3.00. The van der Waals surface area contributed by atoms with Gasteiger partial charge in [-0.05, 0) is 49.7 Å². The third-order valence-corrected chi connectivity index (χ3v) is 5.40. The van der Waals surface area contributed by atoms with Crippen molar-refractivity contribution >= 4 is 29.2 Å². The van der Waals surface area contributed by atoms with Crippen molar-refractivity contribution in [3.8, 4) is 11.3 Å². The smallest absolute Gasteiger partial charge is 0.340 e. The fourth-order valence-corrected chi connectivity index (χ4v) is 3.95. The SMILES string of the molecule is CCOC(=O)c1ccccc1NC(=O)C[n+]1cc(-c2ccc(Cl)cc2)n2c1CCC2.[Cl-]. The van der Waals surface area contributed by atoms with E-state index in [1.54, 1.807) is 31.2 Å². The highest BCUT2D eigenvalue weighted by Gasteiger charge is 2.29. The molecule has 1 aromatic heterocycles. The first-order valence-electron chi connectivity index (χ1n) is 10.0. The number of hydrogen-bond acceptors (Lipinski definition) is 3. The lowest BCUT2D eigenvalue weighted by atomic mass is 10.1. The maximum atomic E-state index is 12.8. The average Bonchev–Trinajstić information content (AvgIpc) is 3.33. The molecule has 0 atom stereocenters. The summed E-state index contributed by atoms with van der Waals surface area (Å²) in [7, 11) is 0.